The van der Waals surface area contributed by atoms with Crippen LogP contribution < -0.4 is 5.32 Å². The van der Waals surface area contributed by atoms with Crippen LogP contribution in [0, 0.1) is 0 Å². The highest BCUT2D eigenvalue weighted by molar-refractivity contribution is 5.81. The van der Waals surface area contributed by atoms with E-state index in [0.29, 0.717) is 0 Å². The molecule has 2 rings (SSSR count). The van der Waals surface area contributed by atoms with E-state index in [2.05, 4.69) is 22.5 Å². The van der Waals surface area contributed by atoms with E-state index < -0.39 is 0 Å². The summed E-state index contributed by atoms with van der Waals surface area (Å²) in [5.41, 5.74) is 2.26. The Bertz CT molecular complexity index is 464. The van der Waals surface area contributed by atoms with Crippen LogP contribution in [0.3, 0.4) is 0 Å². The molecule has 0 saturated heterocycles. The van der Waals surface area contributed by atoms with Crippen LogP contribution in [-0.4, -0.2) is 30.0 Å². The molecule has 0 unspecified atom stereocenters. The van der Waals surface area contributed by atoms with Crippen LogP contribution in [0.4, 0.5) is 0 Å². The molecule has 1 aromatic carbocycles. The van der Waals surface area contributed by atoms with Crippen molar-refractivity contribution < 1.29 is 4.74 Å². The highest BCUT2D eigenvalue weighted by atomic mass is 16.5. The number of nitrogens with one attached hydrogen (secondary N) is 1. The minimum Gasteiger partial charge on any atom is -0.383 e. The molecule has 1 heterocycles. The average Bonchev–Trinajstić information content (AvgIpc) is 2.63. The van der Waals surface area contributed by atoms with Crippen molar-refractivity contribution in [1.29, 1.82) is 0 Å². The fourth-order valence-electron chi connectivity index (χ4n) is 1.80. The van der Waals surface area contributed by atoms with Gasteiger partial charge in [0.15, 0.2) is 0 Å². The molecule has 0 amide bonds. The summed E-state index contributed by atoms with van der Waals surface area (Å²) in [4.78, 5) is 0. The number of hydrogen-bond donors (Lipinski definition) is 1. The number of nitrogens with zero attached hydrogens (tertiary/aromatic N) is 2. The lowest BCUT2D eigenvalue weighted by molar-refractivity contribution is 0.199. The van der Waals surface area contributed by atoms with Crippen LogP contribution in [0.2, 0.25) is 0 Å². The molecule has 0 fully saturated rings. The lowest BCUT2D eigenvalue weighted by Crippen LogP contribution is -2.19. The lowest BCUT2D eigenvalue weighted by atomic mass is 10.2. The van der Waals surface area contributed by atoms with E-state index in [0.717, 1.165) is 25.4 Å². The number of aromatic nitrogens is 2. The Morgan fingerprint density at radius 1 is 1.38 bits per heavy atom. The molecule has 0 spiro atoms. The lowest BCUT2D eigenvalue weighted by Gasteiger charge is -2.01. The zero-order chi connectivity index (χ0) is 11.4. The zero-order valence-electron chi connectivity index (χ0n) is 9.73. The molecular weight excluding hydrogens is 202 g/mol. The second-order valence-electron chi connectivity index (χ2n) is 3.76. The van der Waals surface area contributed by atoms with Gasteiger partial charge in [-0.3, -0.25) is 4.68 Å². The number of rotatable bonds is 5. The predicted octanol–water partition coefficient (Wildman–Crippen LogP) is 1.31. The maximum atomic E-state index is 4.98. The van der Waals surface area contributed by atoms with Gasteiger partial charge in [0.1, 0.15) is 0 Å². The van der Waals surface area contributed by atoms with Gasteiger partial charge in [-0.05, 0) is 6.07 Å². The first-order chi connectivity index (χ1) is 7.83. The third-order valence-electron chi connectivity index (χ3n) is 2.61. The first kappa shape index (κ1) is 11.1. The zero-order valence-corrected chi connectivity index (χ0v) is 9.73. The molecule has 0 atom stereocenters. The van der Waals surface area contributed by atoms with Gasteiger partial charge in [0.2, 0.25) is 0 Å². The number of methoxy groups -OCH3 is 1. The van der Waals surface area contributed by atoms with Gasteiger partial charge in [0.25, 0.3) is 0 Å². The third-order valence-corrected chi connectivity index (χ3v) is 2.61. The second kappa shape index (κ2) is 5.09. The average molecular weight is 219 g/mol. The first-order valence-electron chi connectivity index (χ1n) is 5.43. The Labute approximate surface area is 95.2 Å². The monoisotopic (exact) mass is 219 g/mol. The molecule has 4 nitrogen and oxygen atoms in total. The summed E-state index contributed by atoms with van der Waals surface area (Å²) in [6.07, 6.45) is 0. The smallest absolute Gasteiger partial charge is 0.0841 e. The predicted molar refractivity (Wildman–Crippen MR) is 64.3 cm³/mol. The van der Waals surface area contributed by atoms with E-state index in [1.54, 1.807) is 7.11 Å². The molecule has 1 N–H and O–H groups in total. The fourth-order valence-corrected chi connectivity index (χ4v) is 1.80. The van der Waals surface area contributed by atoms with Crippen molar-refractivity contribution in [3.05, 3.63) is 30.0 Å². The van der Waals surface area contributed by atoms with Gasteiger partial charge in [-0.2, -0.15) is 5.10 Å². The van der Waals surface area contributed by atoms with Crippen molar-refractivity contribution >= 4 is 10.9 Å². The SMILES string of the molecule is COCCNCc1nn(C)c2ccccc12. The maximum Gasteiger partial charge on any atom is 0.0841 e. The van der Waals surface area contributed by atoms with Gasteiger partial charge in [0, 0.05) is 32.6 Å². The standard InChI is InChI=1S/C12H17N3O/c1-15-12-6-4-3-5-10(12)11(14-15)9-13-7-8-16-2/h3-6,13H,7-9H2,1-2H3. The van der Waals surface area contributed by atoms with E-state index >= 15 is 0 Å². The molecule has 0 radical (unpaired) electrons. The number of aryl methyl sites for hydroxylation is 1. The van der Waals surface area contributed by atoms with E-state index in [1.165, 1.54) is 10.9 Å². The van der Waals surface area contributed by atoms with E-state index in [-0.39, 0.29) is 0 Å². The largest absolute Gasteiger partial charge is 0.383 e. The molecule has 0 aliphatic heterocycles. The number of fused-ring (bicyclic) bond motifs is 1. The van der Waals surface area contributed by atoms with E-state index in [1.807, 2.05) is 23.9 Å². The quantitative estimate of drug-likeness (QED) is 0.771. The van der Waals surface area contributed by atoms with Gasteiger partial charge in [-0.25, -0.2) is 0 Å². The third kappa shape index (κ3) is 2.23. The topological polar surface area (TPSA) is 39.1 Å². The van der Waals surface area contributed by atoms with Crippen molar-refractivity contribution in [2.24, 2.45) is 7.05 Å². The molecule has 0 aliphatic carbocycles. The van der Waals surface area contributed by atoms with Gasteiger partial charge >= 0.3 is 0 Å². The second-order valence-corrected chi connectivity index (χ2v) is 3.76. The first-order valence-corrected chi connectivity index (χ1v) is 5.43. The van der Waals surface area contributed by atoms with Crippen LogP contribution in [0.5, 0.6) is 0 Å². The Balaban J connectivity index is 2.12. The molecule has 2 aromatic rings. The van der Waals surface area contributed by atoms with Gasteiger partial charge in [-0.15, -0.1) is 0 Å². The number of hydrogen-bond acceptors (Lipinski definition) is 3. The summed E-state index contributed by atoms with van der Waals surface area (Å²) in [6, 6.07) is 8.27. The highest BCUT2D eigenvalue weighted by Gasteiger charge is 2.06. The number of ether oxygens (including phenoxy) is 1. The minimum atomic E-state index is 0.727. The molecule has 86 valence electrons. The highest BCUT2D eigenvalue weighted by Crippen LogP contribution is 2.16. The van der Waals surface area contributed by atoms with Crippen molar-refractivity contribution in [3.63, 3.8) is 0 Å². The summed E-state index contributed by atoms with van der Waals surface area (Å²) < 4.78 is 6.90. The van der Waals surface area contributed by atoms with Gasteiger partial charge in [-0.1, -0.05) is 18.2 Å². The van der Waals surface area contributed by atoms with Crippen molar-refractivity contribution in [1.82, 2.24) is 15.1 Å². The van der Waals surface area contributed by atoms with Crippen LogP contribution in [0.25, 0.3) is 10.9 Å². The molecule has 1 aromatic heterocycles. The summed E-state index contributed by atoms with van der Waals surface area (Å²) in [7, 11) is 3.68. The Morgan fingerprint density at radius 2 is 2.19 bits per heavy atom. The Morgan fingerprint density at radius 3 is 3.00 bits per heavy atom. The van der Waals surface area contributed by atoms with E-state index in [9.17, 15) is 0 Å². The number of para-hydroxylation sites is 1. The molecule has 16 heavy (non-hydrogen) atoms. The van der Waals surface area contributed by atoms with Crippen LogP contribution in [0.15, 0.2) is 24.3 Å². The fraction of sp³-hybridized carbons (Fsp3) is 0.417. The summed E-state index contributed by atoms with van der Waals surface area (Å²) in [5, 5.41) is 9.03. The molecule has 4 heteroatoms. The number of benzene rings is 1. The summed E-state index contributed by atoms with van der Waals surface area (Å²) >= 11 is 0. The van der Waals surface area contributed by atoms with Gasteiger partial charge in [0.05, 0.1) is 17.8 Å². The summed E-state index contributed by atoms with van der Waals surface area (Å²) in [5.74, 6) is 0. The Kier molecular flexibility index (Phi) is 3.54. The normalized spacial score (nSPS) is 11.1. The van der Waals surface area contributed by atoms with Crippen LogP contribution in [0.1, 0.15) is 5.69 Å². The van der Waals surface area contributed by atoms with Crippen LogP contribution in [-0.2, 0) is 18.3 Å². The molecular formula is C12H17N3O. The maximum absolute atomic E-state index is 4.98. The van der Waals surface area contributed by atoms with Gasteiger partial charge < -0.3 is 10.1 Å². The molecule has 0 saturated carbocycles. The van der Waals surface area contributed by atoms with Crippen LogP contribution >= 0.6 is 0 Å². The summed E-state index contributed by atoms with van der Waals surface area (Å²) in [6.45, 7) is 2.36. The minimum absolute atomic E-state index is 0.727. The molecule has 0 aliphatic rings. The van der Waals surface area contributed by atoms with Crippen molar-refractivity contribution in [2.75, 3.05) is 20.3 Å². The van der Waals surface area contributed by atoms with Crippen molar-refractivity contribution in [2.45, 2.75) is 6.54 Å². The Hall–Kier alpha value is -1.39. The van der Waals surface area contributed by atoms with E-state index in [4.69, 9.17) is 4.74 Å². The van der Waals surface area contributed by atoms with Crippen molar-refractivity contribution in [3.8, 4) is 0 Å². The molecule has 0 bridgehead atoms.